The van der Waals surface area contributed by atoms with Gasteiger partial charge in [0, 0.05) is 16.8 Å². The third-order valence-electron chi connectivity index (χ3n) is 2.82. The summed E-state index contributed by atoms with van der Waals surface area (Å²) in [4.78, 5) is 12.4. The van der Waals surface area contributed by atoms with Gasteiger partial charge in [0.25, 0.3) is 5.91 Å². The molecule has 3 N–H and O–H groups in total. The molecule has 1 amide bonds. The molecule has 0 unspecified atom stereocenters. The van der Waals surface area contributed by atoms with Crippen molar-refractivity contribution < 1.29 is 4.79 Å². The van der Waals surface area contributed by atoms with Crippen molar-refractivity contribution in [1.82, 2.24) is 0 Å². The summed E-state index contributed by atoms with van der Waals surface area (Å²) < 4.78 is 0. The van der Waals surface area contributed by atoms with E-state index in [-0.39, 0.29) is 5.91 Å². The van der Waals surface area contributed by atoms with Gasteiger partial charge in [-0.25, -0.2) is 0 Å². The van der Waals surface area contributed by atoms with Crippen LogP contribution < -0.4 is 11.1 Å². The van der Waals surface area contributed by atoms with Crippen LogP contribution in [0.15, 0.2) is 48.5 Å². The van der Waals surface area contributed by atoms with Gasteiger partial charge in [-0.3, -0.25) is 4.79 Å². The Morgan fingerprint density at radius 3 is 2.21 bits per heavy atom. The maximum absolute atomic E-state index is 12.1. The van der Waals surface area contributed by atoms with E-state index in [0.29, 0.717) is 10.6 Å². The molecule has 4 heteroatoms. The molecule has 0 aliphatic rings. The smallest absolute Gasteiger partial charge is 0.255 e. The Kier molecular flexibility index (Phi) is 3.92. The number of anilines is 1. The second-order valence-electron chi connectivity index (χ2n) is 4.21. The van der Waals surface area contributed by atoms with Crippen LogP contribution in [-0.4, -0.2) is 10.9 Å². The van der Waals surface area contributed by atoms with Crippen molar-refractivity contribution in [2.75, 3.05) is 5.32 Å². The number of benzene rings is 2. The molecule has 0 fully saturated rings. The zero-order chi connectivity index (χ0) is 13.8. The molecule has 0 aromatic heterocycles. The minimum absolute atomic E-state index is 0.149. The molecule has 2 aromatic carbocycles. The Labute approximate surface area is 117 Å². The zero-order valence-corrected chi connectivity index (χ0v) is 11.3. The normalized spacial score (nSPS) is 9.95. The van der Waals surface area contributed by atoms with Crippen LogP contribution in [0, 0.1) is 6.92 Å². The van der Waals surface area contributed by atoms with E-state index in [2.05, 4.69) is 5.32 Å². The first-order valence-electron chi connectivity index (χ1n) is 5.85. The Balaban J connectivity index is 2.16. The highest BCUT2D eigenvalue weighted by Gasteiger charge is 2.07. The fourth-order valence-electron chi connectivity index (χ4n) is 1.69. The van der Waals surface area contributed by atoms with E-state index in [4.69, 9.17) is 18.0 Å². The van der Waals surface area contributed by atoms with Gasteiger partial charge in [0.15, 0.2) is 0 Å². The predicted molar refractivity (Wildman–Crippen MR) is 81.5 cm³/mol. The number of hydrogen-bond acceptors (Lipinski definition) is 2. The molecule has 0 saturated carbocycles. The van der Waals surface area contributed by atoms with Crippen LogP contribution in [0.4, 0.5) is 5.69 Å². The number of nitrogens with one attached hydrogen (secondary N) is 1. The molecule has 0 spiro atoms. The fourth-order valence-corrected chi connectivity index (χ4v) is 1.83. The highest BCUT2D eigenvalue weighted by molar-refractivity contribution is 7.80. The lowest BCUT2D eigenvalue weighted by Gasteiger charge is -2.08. The van der Waals surface area contributed by atoms with Crippen LogP contribution in [-0.2, 0) is 0 Å². The zero-order valence-electron chi connectivity index (χ0n) is 10.5. The molecule has 0 bridgehead atoms. The third-order valence-corrected chi connectivity index (χ3v) is 3.06. The summed E-state index contributed by atoms with van der Waals surface area (Å²) in [6.45, 7) is 1.95. The van der Waals surface area contributed by atoms with Crippen LogP contribution in [0.5, 0.6) is 0 Å². The van der Waals surface area contributed by atoms with Crippen LogP contribution in [0.2, 0.25) is 0 Å². The Hall–Kier alpha value is -2.20. The van der Waals surface area contributed by atoms with Crippen molar-refractivity contribution in [3.05, 3.63) is 65.2 Å². The number of para-hydroxylation sites is 1. The lowest BCUT2D eigenvalue weighted by atomic mass is 10.1. The Morgan fingerprint density at radius 2 is 1.63 bits per heavy atom. The number of nitrogens with two attached hydrogens (primary N) is 1. The number of amides is 1. The van der Waals surface area contributed by atoms with Gasteiger partial charge < -0.3 is 11.1 Å². The molecule has 96 valence electrons. The second-order valence-corrected chi connectivity index (χ2v) is 4.65. The second kappa shape index (κ2) is 5.63. The van der Waals surface area contributed by atoms with Crippen molar-refractivity contribution in [2.45, 2.75) is 6.92 Å². The summed E-state index contributed by atoms with van der Waals surface area (Å²) in [5, 5.41) is 2.87. The summed E-state index contributed by atoms with van der Waals surface area (Å²) >= 11 is 4.87. The Bertz CT molecular complexity index is 620. The lowest BCUT2D eigenvalue weighted by Crippen LogP contribution is -2.14. The molecule has 0 heterocycles. The van der Waals surface area contributed by atoms with Gasteiger partial charge in [-0.1, -0.05) is 42.5 Å². The summed E-state index contributed by atoms with van der Waals surface area (Å²) in [6, 6.07) is 14.6. The standard InChI is InChI=1S/C15H14N2OS/c1-10-4-2-3-5-13(10)17-15(18)12-8-6-11(7-9-12)14(16)19/h2-9H,1H3,(H2,16,19)(H,17,18). The van der Waals surface area contributed by atoms with E-state index in [0.717, 1.165) is 16.8 Å². The number of thiocarbonyl (C=S) groups is 1. The molecular weight excluding hydrogens is 256 g/mol. The molecule has 0 atom stereocenters. The molecule has 19 heavy (non-hydrogen) atoms. The maximum Gasteiger partial charge on any atom is 0.255 e. The highest BCUT2D eigenvalue weighted by Crippen LogP contribution is 2.15. The molecule has 3 nitrogen and oxygen atoms in total. The van der Waals surface area contributed by atoms with E-state index in [1.807, 2.05) is 31.2 Å². The number of carbonyl (C=O) groups excluding carboxylic acids is 1. The predicted octanol–water partition coefficient (Wildman–Crippen LogP) is 2.88. The molecule has 0 aliphatic carbocycles. The first kappa shape index (κ1) is 13.2. The SMILES string of the molecule is Cc1ccccc1NC(=O)c1ccc(C(N)=S)cc1. The summed E-state index contributed by atoms with van der Waals surface area (Å²) in [5.74, 6) is -0.149. The van der Waals surface area contributed by atoms with Crippen molar-refractivity contribution in [3.8, 4) is 0 Å². The quantitative estimate of drug-likeness (QED) is 0.843. The summed E-state index contributed by atoms with van der Waals surface area (Å²) in [6.07, 6.45) is 0. The van der Waals surface area contributed by atoms with Gasteiger partial charge in [0.05, 0.1) is 0 Å². The molecule has 0 aliphatic heterocycles. The molecule has 0 radical (unpaired) electrons. The minimum Gasteiger partial charge on any atom is -0.389 e. The van der Waals surface area contributed by atoms with Gasteiger partial charge in [0.2, 0.25) is 0 Å². The van der Waals surface area contributed by atoms with Crippen molar-refractivity contribution >= 4 is 28.8 Å². The molecule has 2 rings (SSSR count). The highest BCUT2D eigenvalue weighted by atomic mass is 32.1. The van der Waals surface area contributed by atoms with E-state index in [1.165, 1.54) is 0 Å². The van der Waals surface area contributed by atoms with Gasteiger partial charge in [-0.2, -0.15) is 0 Å². The number of aryl methyl sites for hydroxylation is 1. The van der Waals surface area contributed by atoms with Gasteiger partial charge in [-0.05, 0) is 30.7 Å². The van der Waals surface area contributed by atoms with Crippen LogP contribution in [0.1, 0.15) is 21.5 Å². The molecule has 0 saturated heterocycles. The lowest BCUT2D eigenvalue weighted by molar-refractivity contribution is 0.102. The van der Waals surface area contributed by atoms with E-state index in [9.17, 15) is 4.79 Å². The van der Waals surface area contributed by atoms with E-state index >= 15 is 0 Å². The summed E-state index contributed by atoms with van der Waals surface area (Å²) in [7, 11) is 0. The number of hydrogen-bond donors (Lipinski definition) is 2. The van der Waals surface area contributed by atoms with Gasteiger partial charge >= 0.3 is 0 Å². The topological polar surface area (TPSA) is 55.1 Å². The molecular formula is C15H14N2OS. The van der Waals surface area contributed by atoms with Crippen LogP contribution >= 0.6 is 12.2 Å². The van der Waals surface area contributed by atoms with Crippen molar-refractivity contribution in [1.29, 1.82) is 0 Å². The largest absolute Gasteiger partial charge is 0.389 e. The summed E-state index contributed by atoms with van der Waals surface area (Å²) in [5.41, 5.74) is 8.67. The monoisotopic (exact) mass is 270 g/mol. The third kappa shape index (κ3) is 3.17. The first-order valence-corrected chi connectivity index (χ1v) is 6.25. The average Bonchev–Trinajstić information content (AvgIpc) is 2.41. The van der Waals surface area contributed by atoms with Gasteiger partial charge in [0.1, 0.15) is 4.99 Å². The molecule has 2 aromatic rings. The van der Waals surface area contributed by atoms with Crippen LogP contribution in [0.3, 0.4) is 0 Å². The van der Waals surface area contributed by atoms with Gasteiger partial charge in [-0.15, -0.1) is 0 Å². The average molecular weight is 270 g/mol. The minimum atomic E-state index is -0.149. The van der Waals surface area contributed by atoms with Crippen LogP contribution in [0.25, 0.3) is 0 Å². The Morgan fingerprint density at radius 1 is 1.05 bits per heavy atom. The maximum atomic E-state index is 12.1. The first-order chi connectivity index (χ1) is 9.08. The fraction of sp³-hybridized carbons (Fsp3) is 0.0667. The van der Waals surface area contributed by atoms with E-state index < -0.39 is 0 Å². The van der Waals surface area contributed by atoms with E-state index in [1.54, 1.807) is 24.3 Å². The van der Waals surface area contributed by atoms with Crippen molar-refractivity contribution in [2.24, 2.45) is 5.73 Å². The number of rotatable bonds is 3. The van der Waals surface area contributed by atoms with Crippen molar-refractivity contribution in [3.63, 3.8) is 0 Å². The number of carbonyl (C=O) groups is 1.